The lowest BCUT2D eigenvalue weighted by atomic mass is 10.1. The Bertz CT molecular complexity index is 1420. The number of carbonyl (C=O) groups excluding carboxylic acids is 2. The summed E-state index contributed by atoms with van der Waals surface area (Å²) in [5, 5.41) is 12.4. The predicted molar refractivity (Wildman–Crippen MR) is 158 cm³/mol. The largest absolute Gasteiger partial charge is 0.368 e. The molecule has 0 bridgehead atoms. The van der Waals surface area contributed by atoms with E-state index in [1.54, 1.807) is 24.3 Å². The van der Waals surface area contributed by atoms with Crippen molar-refractivity contribution in [3.8, 4) is 0 Å². The first-order valence-corrected chi connectivity index (χ1v) is 14.8. The molecular formula is C29H32N6O5S. The fourth-order valence-corrected chi connectivity index (χ4v) is 4.09. The molecule has 214 valence electrons. The second kappa shape index (κ2) is 13.7. The van der Waals surface area contributed by atoms with E-state index in [2.05, 4.69) is 31.3 Å². The SMILES string of the molecule is CS(=O)(=O)O.O=C(NCc1ccc(C2=NCCN2)cc1)c1ccc(C(=O)NCc2ccc(C3=NCCN3)cc2)cc1. The van der Waals surface area contributed by atoms with Gasteiger partial charge in [0.25, 0.3) is 21.9 Å². The van der Waals surface area contributed by atoms with Crippen LogP contribution in [0.25, 0.3) is 0 Å². The smallest absolute Gasteiger partial charge is 0.261 e. The molecule has 41 heavy (non-hydrogen) atoms. The molecule has 2 heterocycles. The molecule has 0 fully saturated rings. The maximum Gasteiger partial charge on any atom is 0.261 e. The number of benzene rings is 3. The first kappa shape index (κ1) is 29.4. The second-order valence-corrected chi connectivity index (χ2v) is 10.8. The van der Waals surface area contributed by atoms with Crippen molar-refractivity contribution < 1.29 is 22.6 Å². The number of nitrogens with zero attached hydrogens (tertiary/aromatic N) is 2. The van der Waals surface area contributed by atoms with Gasteiger partial charge in [-0.3, -0.25) is 24.1 Å². The van der Waals surface area contributed by atoms with E-state index in [4.69, 9.17) is 4.55 Å². The average molecular weight is 577 g/mol. The quantitative estimate of drug-likeness (QED) is 0.255. The summed E-state index contributed by atoms with van der Waals surface area (Å²) < 4.78 is 25.9. The number of hydrogen-bond acceptors (Lipinski definition) is 8. The minimum absolute atomic E-state index is 0.186. The molecule has 3 aromatic carbocycles. The molecular weight excluding hydrogens is 544 g/mol. The summed E-state index contributed by atoms with van der Waals surface area (Å²) in [6.07, 6.45) is 0.715. The Morgan fingerprint density at radius 1 is 0.707 bits per heavy atom. The molecule has 2 aliphatic rings. The zero-order valence-corrected chi connectivity index (χ0v) is 23.4. The number of amidine groups is 2. The van der Waals surface area contributed by atoms with Crippen LogP contribution in [0.5, 0.6) is 0 Å². The van der Waals surface area contributed by atoms with Crippen molar-refractivity contribution in [2.24, 2.45) is 9.98 Å². The molecule has 0 saturated heterocycles. The minimum Gasteiger partial charge on any atom is -0.368 e. The van der Waals surface area contributed by atoms with Gasteiger partial charge in [0, 0.05) is 48.4 Å². The van der Waals surface area contributed by atoms with Crippen LogP contribution in [0.1, 0.15) is 43.0 Å². The number of nitrogens with one attached hydrogen (secondary N) is 4. The second-order valence-electron chi connectivity index (χ2n) is 9.38. The lowest BCUT2D eigenvalue weighted by Crippen LogP contribution is -2.24. The van der Waals surface area contributed by atoms with Crippen LogP contribution in [0.15, 0.2) is 82.8 Å². The van der Waals surface area contributed by atoms with Crippen molar-refractivity contribution in [1.29, 1.82) is 0 Å². The highest BCUT2D eigenvalue weighted by molar-refractivity contribution is 7.85. The molecule has 0 aliphatic carbocycles. The van der Waals surface area contributed by atoms with Crippen molar-refractivity contribution in [3.63, 3.8) is 0 Å². The molecule has 2 aliphatic heterocycles. The van der Waals surface area contributed by atoms with Gasteiger partial charge < -0.3 is 21.3 Å². The van der Waals surface area contributed by atoms with Gasteiger partial charge in [0.1, 0.15) is 11.7 Å². The van der Waals surface area contributed by atoms with E-state index >= 15 is 0 Å². The van der Waals surface area contributed by atoms with Gasteiger partial charge in [0.2, 0.25) is 0 Å². The Kier molecular flexibility index (Phi) is 9.82. The van der Waals surface area contributed by atoms with Crippen molar-refractivity contribution in [2.45, 2.75) is 13.1 Å². The van der Waals surface area contributed by atoms with Crippen LogP contribution in [0.3, 0.4) is 0 Å². The van der Waals surface area contributed by atoms with Crippen LogP contribution >= 0.6 is 0 Å². The number of hydrogen-bond donors (Lipinski definition) is 5. The minimum atomic E-state index is -3.67. The third-order valence-electron chi connectivity index (χ3n) is 6.12. The summed E-state index contributed by atoms with van der Waals surface area (Å²) in [4.78, 5) is 33.9. The number of aliphatic imine (C=N–C) groups is 2. The third-order valence-corrected chi connectivity index (χ3v) is 6.12. The Hall–Kier alpha value is -4.55. The zero-order chi connectivity index (χ0) is 29.2. The van der Waals surface area contributed by atoms with Gasteiger partial charge in [0.15, 0.2) is 0 Å². The summed E-state index contributed by atoms with van der Waals surface area (Å²) in [5.41, 5.74) is 5.11. The molecule has 0 unspecified atom stereocenters. The van der Waals surface area contributed by atoms with Gasteiger partial charge in [-0.05, 0) is 35.4 Å². The Labute approximate surface area is 238 Å². The molecule has 5 rings (SSSR count). The Morgan fingerprint density at radius 3 is 1.34 bits per heavy atom. The Morgan fingerprint density at radius 2 is 1.05 bits per heavy atom. The van der Waals surface area contributed by atoms with Crippen LogP contribution < -0.4 is 21.3 Å². The van der Waals surface area contributed by atoms with E-state index in [1.165, 1.54) is 0 Å². The highest BCUT2D eigenvalue weighted by atomic mass is 32.2. The lowest BCUT2D eigenvalue weighted by molar-refractivity contribution is 0.0939. The van der Waals surface area contributed by atoms with Gasteiger partial charge in [0.05, 0.1) is 19.3 Å². The molecule has 5 N–H and O–H groups in total. The third kappa shape index (κ3) is 9.26. The lowest BCUT2D eigenvalue weighted by Gasteiger charge is -2.09. The molecule has 11 nitrogen and oxygen atoms in total. The van der Waals surface area contributed by atoms with Gasteiger partial charge in [-0.15, -0.1) is 0 Å². The Balaban J connectivity index is 0.000000714. The maximum absolute atomic E-state index is 12.6. The van der Waals surface area contributed by atoms with E-state index in [0.29, 0.717) is 30.5 Å². The van der Waals surface area contributed by atoms with Gasteiger partial charge >= 0.3 is 0 Å². The standard InChI is InChI=1S/C28H28N6O2.CH4O3S/c35-27(33-17-19-1-5-21(6-2-19)25-29-13-14-30-25)23-9-11-24(12-10-23)28(36)34-18-20-3-7-22(8-4-20)26-31-15-16-32-26;1-5(2,3)4/h1-12H,13-18H2,(H,29,30)(H,31,32)(H,33,35)(H,34,36);1H3,(H,2,3,4). The molecule has 0 spiro atoms. The monoisotopic (exact) mass is 576 g/mol. The van der Waals surface area contributed by atoms with E-state index in [1.807, 2.05) is 48.5 Å². The van der Waals surface area contributed by atoms with E-state index in [0.717, 1.165) is 60.1 Å². The fraction of sp³-hybridized carbons (Fsp3) is 0.241. The van der Waals surface area contributed by atoms with E-state index in [9.17, 15) is 18.0 Å². The summed E-state index contributed by atoms with van der Waals surface area (Å²) in [5.74, 6) is 1.46. The van der Waals surface area contributed by atoms with Gasteiger partial charge in [-0.2, -0.15) is 8.42 Å². The van der Waals surface area contributed by atoms with Crippen molar-refractivity contribution >= 4 is 33.6 Å². The zero-order valence-electron chi connectivity index (χ0n) is 22.6. The van der Waals surface area contributed by atoms with Gasteiger partial charge in [-0.25, -0.2) is 0 Å². The van der Waals surface area contributed by atoms with Crippen LogP contribution in [0, 0.1) is 0 Å². The van der Waals surface area contributed by atoms with Crippen LogP contribution in [0.4, 0.5) is 0 Å². The molecule has 12 heteroatoms. The van der Waals surface area contributed by atoms with Crippen molar-refractivity contribution in [3.05, 3.63) is 106 Å². The average Bonchev–Trinajstić information content (AvgIpc) is 3.70. The molecule has 0 atom stereocenters. The predicted octanol–water partition coefficient (Wildman–Crippen LogP) is 1.75. The van der Waals surface area contributed by atoms with Crippen LogP contribution in [-0.4, -0.2) is 68.9 Å². The van der Waals surface area contributed by atoms with Crippen LogP contribution in [-0.2, 0) is 23.2 Å². The van der Waals surface area contributed by atoms with E-state index in [-0.39, 0.29) is 11.8 Å². The maximum atomic E-state index is 12.6. The number of carbonyl (C=O) groups is 2. The van der Waals surface area contributed by atoms with E-state index < -0.39 is 10.1 Å². The summed E-state index contributed by atoms with van der Waals surface area (Å²) >= 11 is 0. The first-order valence-electron chi connectivity index (χ1n) is 13.0. The highest BCUT2D eigenvalue weighted by Crippen LogP contribution is 2.10. The fourth-order valence-electron chi connectivity index (χ4n) is 4.09. The van der Waals surface area contributed by atoms with Crippen molar-refractivity contribution in [1.82, 2.24) is 21.3 Å². The first-order chi connectivity index (χ1) is 19.7. The normalized spacial score (nSPS) is 14.0. The highest BCUT2D eigenvalue weighted by Gasteiger charge is 2.11. The number of rotatable bonds is 8. The summed E-state index contributed by atoms with van der Waals surface area (Å²) in [6, 6.07) is 22.6. The summed E-state index contributed by atoms with van der Waals surface area (Å²) in [6.45, 7) is 4.19. The summed E-state index contributed by atoms with van der Waals surface area (Å²) in [7, 11) is -3.67. The molecule has 3 aromatic rings. The topological polar surface area (TPSA) is 161 Å². The number of amides is 2. The molecule has 2 amide bonds. The van der Waals surface area contributed by atoms with Gasteiger partial charge in [-0.1, -0.05) is 48.5 Å². The van der Waals surface area contributed by atoms with Crippen LogP contribution in [0.2, 0.25) is 0 Å². The molecule has 0 radical (unpaired) electrons. The van der Waals surface area contributed by atoms with Crippen molar-refractivity contribution in [2.75, 3.05) is 32.4 Å². The molecule has 0 saturated carbocycles. The molecule has 0 aromatic heterocycles.